The van der Waals surface area contributed by atoms with E-state index in [1.165, 1.54) is 41.8 Å². The number of thiazole rings is 1. The molecular formula is C13H21N3S. The van der Waals surface area contributed by atoms with Gasteiger partial charge in [0.1, 0.15) is 0 Å². The van der Waals surface area contributed by atoms with E-state index in [9.17, 15) is 0 Å². The number of likely N-dealkylation sites (tertiary alicyclic amines) is 1. The van der Waals surface area contributed by atoms with E-state index in [-0.39, 0.29) is 0 Å². The number of aromatic nitrogens is 1. The van der Waals surface area contributed by atoms with Crippen molar-refractivity contribution in [1.82, 2.24) is 15.2 Å². The van der Waals surface area contributed by atoms with Gasteiger partial charge >= 0.3 is 0 Å². The highest BCUT2D eigenvalue weighted by atomic mass is 32.1. The molecule has 4 heteroatoms. The minimum atomic E-state index is 0.491. The first kappa shape index (κ1) is 11.6. The third-order valence-electron chi connectivity index (χ3n) is 4.30. The maximum atomic E-state index is 4.71. The fourth-order valence-corrected chi connectivity index (χ4v) is 4.22. The van der Waals surface area contributed by atoms with E-state index in [2.05, 4.69) is 31.0 Å². The Kier molecular flexibility index (Phi) is 2.97. The Morgan fingerprint density at radius 2 is 1.94 bits per heavy atom. The summed E-state index contributed by atoms with van der Waals surface area (Å²) < 4.78 is 0. The number of aryl methyl sites for hydroxylation is 2. The Morgan fingerprint density at radius 3 is 2.47 bits per heavy atom. The van der Waals surface area contributed by atoms with Crippen molar-refractivity contribution in [2.75, 3.05) is 26.2 Å². The minimum absolute atomic E-state index is 0.491. The SMILES string of the molecule is Cc1nc(C(C)N2C[C@H]3CNC[C@H]3C2)c(C)s1. The first-order chi connectivity index (χ1) is 8.15. The van der Waals surface area contributed by atoms with Crippen LogP contribution in [0.5, 0.6) is 0 Å². The Labute approximate surface area is 107 Å². The van der Waals surface area contributed by atoms with Crippen LogP contribution in [0.4, 0.5) is 0 Å². The lowest BCUT2D eigenvalue weighted by Crippen LogP contribution is -2.29. The smallest absolute Gasteiger partial charge is 0.0900 e. The topological polar surface area (TPSA) is 28.2 Å². The summed E-state index contributed by atoms with van der Waals surface area (Å²) in [6.07, 6.45) is 0. The largest absolute Gasteiger partial charge is 0.316 e. The second kappa shape index (κ2) is 4.34. The number of fused-ring (bicyclic) bond motifs is 1. The summed E-state index contributed by atoms with van der Waals surface area (Å²) in [6, 6.07) is 0.491. The van der Waals surface area contributed by atoms with Crippen molar-refractivity contribution in [2.24, 2.45) is 11.8 Å². The molecule has 0 bridgehead atoms. The molecule has 2 aliphatic heterocycles. The first-order valence-corrected chi connectivity index (χ1v) is 7.35. The number of nitrogens with one attached hydrogen (secondary N) is 1. The first-order valence-electron chi connectivity index (χ1n) is 6.54. The molecule has 3 rings (SSSR count). The van der Waals surface area contributed by atoms with Crippen LogP contribution in [0.15, 0.2) is 0 Å². The van der Waals surface area contributed by atoms with Crippen molar-refractivity contribution >= 4 is 11.3 Å². The molecule has 0 aliphatic carbocycles. The van der Waals surface area contributed by atoms with Crippen LogP contribution in [0, 0.1) is 25.7 Å². The van der Waals surface area contributed by atoms with Gasteiger partial charge in [-0.1, -0.05) is 0 Å². The normalized spacial score (nSPS) is 30.8. The van der Waals surface area contributed by atoms with Crippen LogP contribution in [-0.4, -0.2) is 36.1 Å². The van der Waals surface area contributed by atoms with E-state index in [0.717, 1.165) is 11.8 Å². The average Bonchev–Trinajstić information content (AvgIpc) is 2.90. The van der Waals surface area contributed by atoms with Crippen molar-refractivity contribution in [3.8, 4) is 0 Å². The predicted molar refractivity (Wildman–Crippen MR) is 71.4 cm³/mol. The van der Waals surface area contributed by atoms with Gasteiger partial charge in [0.25, 0.3) is 0 Å². The van der Waals surface area contributed by atoms with Gasteiger partial charge in [-0.05, 0) is 45.7 Å². The molecule has 0 amide bonds. The van der Waals surface area contributed by atoms with Crippen LogP contribution in [0.3, 0.4) is 0 Å². The molecule has 3 heterocycles. The summed E-state index contributed by atoms with van der Waals surface area (Å²) in [5.41, 5.74) is 1.31. The zero-order valence-electron chi connectivity index (χ0n) is 10.9. The summed E-state index contributed by atoms with van der Waals surface area (Å²) in [7, 11) is 0. The molecule has 1 N–H and O–H groups in total. The van der Waals surface area contributed by atoms with Crippen LogP contribution in [0.2, 0.25) is 0 Å². The molecule has 3 atom stereocenters. The Balaban J connectivity index is 1.75. The van der Waals surface area contributed by atoms with Crippen LogP contribution in [-0.2, 0) is 0 Å². The summed E-state index contributed by atoms with van der Waals surface area (Å²) in [4.78, 5) is 8.73. The van der Waals surface area contributed by atoms with Crippen LogP contribution in [0.25, 0.3) is 0 Å². The van der Waals surface area contributed by atoms with Gasteiger partial charge in [-0.2, -0.15) is 0 Å². The molecule has 2 fully saturated rings. The van der Waals surface area contributed by atoms with E-state index < -0.39 is 0 Å². The fourth-order valence-electron chi connectivity index (χ4n) is 3.31. The van der Waals surface area contributed by atoms with E-state index in [1.54, 1.807) is 0 Å². The van der Waals surface area contributed by atoms with E-state index in [1.807, 2.05) is 11.3 Å². The molecule has 1 unspecified atom stereocenters. The maximum Gasteiger partial charge on any atom is 0.0900 e. The molecule has 3 nitrogen and oxygen atoms in total. The highest BCUT2D eigenvalue weighted by molar-refractivity contribution is 7.11. The van der Waals surface area contributed by atoms with E-state index in [0.29, 0.717) is 6.04 Å². The lowest BCUT2D eigenvalue weighted by molar-refractivity contribution is 0.239. The van der Waals surface area contributed by atoms with Crippen molar-refractivity contribution in [1.29, 1.82) is 0 Å². The molecule has 0 spiro atoms. The fraction of sp³-hybridized carbons (Fsp3) is 0.769. The van der Waals surface area contributed by atoms with Crippen LogP contribution >= 0.6 is 11.3 Å². The van der Waals surface area contributed by atoms with Crippen LogP contribution in [0.1, 0.15) is 28.5 Å². The summed E-state index contributed by atoms with van der Waals surface area (Å²) in [5.74, 6) is 1.75. The van der Waals surface area contributed by atoms with Gasteiger partial charge in [0.15, 0.2) is 0 Å². The molecular weight excluding hydrogens is 230 g/mol. The highest BCUT2D eigenvalue weighted by Gasteiger charge is 2.38. The van der Waals surface area contributed by atoms with Gasteiger partial charge in [0, 0.05) is 18.0 Å². The van der Waals surface area contributed by atoms with Crippen molar-refractivity contribution in [2.45, 2.75) is 26.8 Å². The molecule has 2 aliphatic rings. The molecule has 94 valence electrons. The molecule has 1 aromatic heterocycles. The molecule has 0 aromatic carbocycles. The molecule has 0 saturated carbocycles. The van der Waals surface area contributed by atoms with Gasteiger partial charge in [-0.3, -0.25) is 4.90 Å². The summed E-state index contributed by atoms with van der Waals surface area (Å²) in [6.45, 7) is 11.5. The lowest BCUT2D eigenvalue weighted by Gasteiger charge is -2.24. The second-order valence-electron chi connectivity index (χ2n) is 5.48. The number of hydrogen-bond acceptors (Lipinski definition) is 4. The van der Waals surface area contributed by atoms with Crippen molar-refractivity contribution in [3.63, 3.8) is 0 Å². The maximum absolute atomic E-state index is 4.71. The second-order valence-corrected chi connectivity index (χ2v) is 6.89. The number of nitrogens with zero attached hydrogens (tertiary/aromatic N) is 2. The quantitative estimate of drug-likeness (QED) is 0.871. The molecule has 2 saturated heterocycles. The monoisotopic (exact) mass is 251 g/mol. The molecule has 17 heavy (non-hydrogen) atoms. The van der Waals surface area contributed by atoms with Gasteiger partial charge in [0.05, 0.1) is 16.7 Å². The third-order valence-corrected chi connectivity index (χ3v) is 5.20. The number of rotatable bonds is 2. The molecule has 1 aromatic rings. The summed E-state index contributed by atoms with van der Waals surface area (Å²) in [5, 5.41) is 4.70. The summed E-state index contributed by atoms with van der Waals surface area (Å²) >= 11 is 1.83. The molecule has 0 radical (unpaired) electrons. The third kappa shape index (κ3) is 2.02. The predicted octanol–water partition coefficient (Wildman–Crippen LogP) is 1.97. The van der Waals surface area contributed by atoms with E-state index in [4.69, 9.17) is 4.98 Å². The Bertz CT molecular complexity index is 403. The zero-order chi connectivity index (χ0) is 12.0. The van der Waals surface area contributed by atoms with Gasteiger partial charge < -0.3 is 5.32 Å². The van der Waals surface area contributed by atoms with Gasteiger partial charge in [-0.25, -0.2) is 4.98 Å². The Morgan fingerprint density at radius 1 is 1.29 bits per heavy atom. The number of hydrogen-bond donors (Lipinski definition) is 1. The Hall–Kier alpha value is -0.450. The van der Waals surface area contributed by atoms with Crippen molar-refractivity contribution in [3.05, 3.63) is 15.6 Å². The average molecular weight is 251 g/mol. The van der Waals surface area contributed by atoms with Crippen LogP contribution < -0.4 is 5.32 Å². The highest BCUT2D eigenvalue weighted by Crippen LogP contribution is 2.34. The van der Waals surface area contributed by atoms with Gasteiger partial charge in [0.2, 0.25) is 0 Å². The zero-order valence-corrected chi connectivity index (χ0v) is 11.7. The lowest BCUT2D eigenvalue weighted by atomic mass is 10.0. The van der Waals surface area contributed by atoms with Crippen molar-refractivity contribution < 1.29 is 0 Å². The minimum Gasteiger partial charge on any atom is -0.316 e. The van der Waals surface area contributed by atoms with E-state index >= 15 is 0 Å². The standard InChI is InChI=1S/C13H21N3S/c1-8(13-9(2)17-10(3)15-13)16-6-11-4-14-5-12(11)7-16/h8,11-12,14H,4-7H2,1-3H3/t8?,11-,12+. The van der Waals surface area contributed by atoms with Gasteiger partial charge in [-0.15, -0.1) is 11.3 Å².